The van der Waals surface area contributed by atoms with Crippen molar-refractivity contribution in [1.82, 2.24) is 20.1 Å². The molecule has 0 saturated heterocycles. The van der Waals surface area contributed by atoms with Crippen molar-refractivity contribution in [2.24, 2.45) is 5.92 Å². The maximum atomic E-state index is 5.36. The van der Waals surface area contributed by atoms with Gasteiger partial charge in [0.1, 0.15) is 12.2 Å². The Morgan fingerprint density at radius 1 is 1.33 bits per heavy atom. The zero-order chi connectivity index (χ0) is 13.2. The first-order valence-electron chi connectivity index (χ1n) is 6.38. The molecule has 104 valence electrons. The number of hydrogen-bond acceptors (Lipinski definition) is 5. The van der Waals surface area contributed by atoms with E-state index >= 15 is 0 Å². The highest BCUT2D eigenvalue weighted by Gasteiger charge is 2.05. The van der Waals surface area contributed by atoms with Crippen LogP contribution in [0.5, 0.6) is 0 Å². The Hall–Kier alpha value is -0.980. The van der Waals surface area contributed by atoms with Gasteiger partial charge in [0, 0.05) is 20.2 Å². The normalized spacial score (nSPS) is 11.3. The van der Waals surface area contributed by atoms with Gasteiger partial charge in [0.25, 0.3) is 0 Å². The Balaban J connectivity index is 2.13. The molecule has 0 aliphatic rings. The summed E-state index contributed by atoms with van der Waals surface area (Å²) in [5, 5.41) is 7.50. The lowest BCUT2D eigenvalue weighted by molar-refractivity contribution is 0.0718. The van der Waals surface area contributed by atoms with Gasteiger partial charge in [-0.2, -0.15) is 5.10 Å². The molecule has 0 saturated carbocycles. The topological polar surface area (TPSA) is 61.2 Å². The zero-order valence-electron chi connectivity index (χ0n) is 11.6. The molecule has 1 aromatic heterocycles. The SMILES string of the molecule is COCCOCCNCc1ncnn1CC(C)C. The first kappa shape index (κ1) is 15.1. The van der Waals surface area contributed by atoms with Crippen molar-refractivity contribution in [3.63, 3.8) is 0 Å². The van der Waals surface area contributed by atoms with Gasteiger partial charge in [-0.05, 0) is 5.92 Å². The molecular weight excluding hydrogens is 232 g/mol. The molecule has 0 aliphatic carbocycles. The molecule has 0 amide bonds. The average molecular weight is 256 g/mol. The molecule has 0 spiro atoms. The number of methoxy groups -OCH3 is 1. The van der Waals surface area contributed by atoms with E-state index in [0.29, 0.717) is 25.7 Å². The van der Waals surface area contributed by atoms with Crippen molar-refractivity contribution < 1.29 is 9.47 Å². The Morgan fingerprint density at radius 3 is 2.89 bits per heavy atom. The lowest BCUT2D eigenvalue weighted by Crippen LogP contribution is -2.23. The molecule has 1 heterocycles. The van der Waals surface area contributed by atoms with E-state index in [1.54, 1.807) is 13.4 Å². The zero-order valence-corrected chi connectivity index (χ0v) is 11.6. The van der Waals surface area contributed by atoms with Crippen molar-refractivity contribution in [3.8, 4) is 0 Å². The smallest absolute Gasteiger partial charge is 0.140 e. The van der Waals surface area contributed by atoms with Crippen LogP contribution in [0.4, 0.5) is 0 Å². The maximum Gasteiger partial charge on any atom is 0.140 e. The number of hydrogen-bond donors (Lipinski definition) is 1. The Labute approximate surface area is 109 Å². The van der Waals surface area contributed by atoms with Crippen LogP contribution in [0.1, 0.15) is 19.7 Å². The van der Waals surface area contributed by atoms with E-state index in [1.165, 1.54) is 0 Å². The van der Waals surface area contributed by atoms with Crippen LogP contribution in [-0.4, -0.2) is 48.2 Å². The highest BCUT2D eigenvalue weighted by molar-refractivity contribution is 4.83. The van der Waals surface area contributed by atoms with E-state index in [-0.39, 0.29) is 0 Å². The molecule has 6 heteroatoms. The minimum absolute atomic E-state index is 0.572. The van der Waals surface area contributed by atoms with Crippen LogP contribution >= 0.6 is 0 Å². The molecule has 18 heavy (non-hydrogen) atoms. The molecule has 0 fully saturated rings. The van der Waals surface area contributed by atoms with Gasteiger partial charge in [-0.15, -0.1) is 0 Å². The van der Waals surface area contributed by atoms with Gasteiger partial charge in [0.2, 0.25) is 0 Å². The van der Waals surface area contributed by atoms with Gasteiger partial charge in [0.15, 0.2) is 0 Å². The summed E-state index contributed by atoms with van der Waals surface area (Å²) in [4.78, 5) is 4.25. The van der Waals surface area contributed by atoms with Crippen molar-refractivity contribution in [1.29, 1.82) is 0 Å². The fourth-order valence-corrected chi connectivity index (χ4v) is 1.51. The van der Waals surface area contributed by atoms with Gasteiger partial charge in [0.05, 0.1) is 26.4 Å². The molecule has 1 rings (SSSR count). The predicted molar refractivity (Wildman–Crippen MR) is 69.3 cm³/mol. The van der Waals surface area contributed by atoms with Crippen molar-refractivity contribution in [2.45, 2.75) is 26.9 Å². The van der Waals surface area contributed by atoms with E-state index in [0.717, 1.165) is 25.5 Å². The Kier molecular flexibility index (Phi) is 7.55. The fraction of sp³-hybridized carbons (Fsp3) is 0.833. The molecule has 0 atom stereocenters. The molecule has 0 unspecified atom stereocenters. The number of nitrogens with one attached hydrogen (secondary N) is 1. The van der Waals surface area contributed by atoms with Crippen LogP contribution in [0.25, 0.3) is 0 Å². The second-order valence-electron chi connectivity index (χ2n) is 4.53. The monoisotopic (exact) mass is 256 g/mol. The average Bonchev–Trinajstić information content (AvgIpc) is 2.75. The van der Waals surface area contributed by atoms with Gasteiger partial charge in [-0.3, -0.25) is 0 Å². The molecule has 0 radical (unpaired) electrons. The Morgan fingerprint density at radius 2 is 2.17 bits per heavy atom. The van der Waals surface area contributed by atoms with Crippen LogP contribution in [-0.2, 0) is 22.6 Å². The van der Waals surface area contributed by atoms with Crippen molar-refractivity contribution >= 4 is 0 Å². The molecule has 6 nitrogen and oxygen atoms in total. The van der Waals surface area contributed by atoms with E-state index in [2.05, 4.69) is 29.2 Å². The third-order valence-electron chi connectivity index (χ3n) is 2.37. The van der Waals surface area contributed by atoms with E-state index in [9.17, 15) is 0 Å². The fourth-order valence-electron chi connectivity index (χ4n) is 1.51. The third kappa shape index (κ3) is 6.09. The van der Waals surface area contributed by atoms with E-state index in [4.69, 9.17) is 9.47 Å². The first-order chi connectivity index (χ1) is 8.74. The van der Waals surface area contributed by atoms with E-state index < -0.39 is 0 Å². The Bertz CT molecular complexity index is 315. The first-order valence-corrected chi connectivity index (χ1v) is 6.38. The minimum atomic E-state index is 0.572. The highest BCUT2D eigenvalue weighted by atomic mass is 16.5. The quantitative estimate of drug-likeness (QED) is 0.624. The molecule has 0 aromatic carbocycles. The van der Waals surface area contributed by atoms with Gasteiger partial charge < -0.3 is 14.8 Å². The summed E-state index contributed by atoms with van der Waals surface area (Å²) in [6.45, 7) is 8.73. The molecule has 0 bridgehead atoms. The predicted octanol–water partition coefficient (Wildman–Crippen LogP) is 0.687. The lowest BCUT2D eigenvalue weighted by Gasteiger charge is -2.09. The standard InChI is InChI=1S/C12H24N4O2/c1-11(2)9-16-12(14-10-15-16)8-13-4-5-18-7-6-17-3/h10-11,13H,4-9H2,1-3H3. The summed E-state index contributed by atoms with van der Waals surface area (Å²) < 4.78 is 12.2. The summed E-state index contributed by atoms with van der Waals surface area (Å²) in [5.41, 5.74) is 0. The van der Waals surface area contributed by atoms with Crippen LogP contribution in [0.3, 0.4) is 0 Å². The van der Waals surface area contributed by atoms with Crippen LogP contribution in [0.2, 0.25) is 0 Å². The largest absolute Gasteiger partial charge is 0.382 e. The highest BCUT2D eigenvalue weighted by Crippen LogP contribution is 2.00. The van der Waals surface area contributed by atoms with Crippen molar-refractivity contribution in [2.75, 3.05) is 33.5 Å². The van der Waals surface area contributed by atoms with E-state index in [1.807, 2.05) is 4.68 Å². The third-order valence-corrected chi connectivity index (χ3v) is 2.37. The minimum Gasteiger partial charge on any atom is -0.382 e. The van der Waals surface area contributed by atoms with Crippen LogP contribution < -0.4 is 5.32 Å². The summed E-state index contributed by atoms with van der Waals surface area (Å²) in [6, 6.07) is 0. The molecule has 0 aliphatic heterocycles. The summed E-state index contributed by atoms with van der Waals surface area (Å²) >= 11 is 0. The summed E-state index contributed by atoms with van der Waals surface area (Å²) in [5.74, 6) is 1.54. The second kappa shape index (κ2) is 9.02. The van der Waals surface area contributed by atoms with Crippen molar-refractivity contribution in [3.05, 3.63) is 12.2 Å². The lowest BCUT2D eigenvalue weighted by atomic mass is 10.2. The maximum absolute atomic E-state index is 5.36. The molecule has 1 aromatic rings. The number of aromatic nitrogens is 3. The van der Waals surface area contributed by atoms with Gasteiger partial charge >= 0.3 is 0 Å². The van der Waals surface area contributed by atoms with Gasteiger partial charge in [-0.1, -0.05) is 13.8 Å². The van der Waals surface area contributed by atoms with Gasteiger partial charge in [-0.25, -0.2) is 9.67 Å². The summed E-state index contributed by atoms with van der Waals surface area (Å²) in [6.07, 6.45) is 1.61. The summed E-state index contributed by atoms with van der Waals surface area (Å²) in [7, 11) is 1.67. The number of rotatable bonds is 10. The molecular formula is C12H24N4O2. The second-order valence-corrected chi connectivity index (χ2v) is 4.53. The number of ether oxygens (including phenoxy) is 2. The molecule has 1 N–H and O–H groups in total. The van der Waals surface area contributed by atoms with Crippen LogP contribution in [0.15, 0.2) is 6.33 Å². The van der Waals surface area contributed by atoms with Crippen LogP contribution in [0, 0.1) is 5.92 Å². The number of nitrogens with zero attached hydrogens (tertiary/aromatic N) is 3.